The molecule has 0 radical (unpaired) electrons. The fourth-order valence-electron chi connectivity index (χ4n) is 1.42. The lowest BCUT2D eigenvalue weighted by atomic mass is 10.2. The zero-order valence-electron chi connectivity index (χ0n) is 8.88. The monoisotopic (exact) mass is 345 g/mol. The predicted molar refractivity (Wildman–Crippen MR) is 73.7 cm³/mol. The predicted octanol–water partition coefficient (Wildman–Crippen LogP) is 4.64. The Morgan fingerprint density at radius 3 is 2.35 bits per heavy atom. The van der Waals surface area contributed by atoms with Crippen molar-refractivity contribution in [3.05, 3.63) is 57.4 Å². The van der Waals surface area contributed by atoms with Gasteiger partial charge in [-0.15, -0.1) is 0 Å². The van der Waals surface area contributed by atoms with E-state index in [0.717, 1.165) is 9.26 Å². The highest BCUT2D eigenvalue weighted by atomic mass is 127. The van der Waals surface area contributed by atoms with Crippen LogP contribution in [-0.2, 0) is 6.67 Å². The summed E-state index contributed by atoms with van der Waals surface area (Å²) in [5, 5.41) is 2.95. The molecule has 1 nitrogen and oxygen atoms in total. The van der Waals surface area contributed by atoms with Gasteiger partial charge in [-0.25, -0.2) is 8.78 Å². The van der Waals surface area contributed by atoms with E-state index in [-0.39, 0.29) is 5.82 Å². The van der Waals surface area contributed by atoms with Gasteiger partial charge < -0.3 is 5.32 Å². The van der Waals surface area contributed by atoms with Gasteiger partial charge in [0.1, 0.15) is 12.5 Å². The molecular formula is C13H10F2IN. The quantitative estimate of drug-likeness (QED) is 0.799. The van der Waals surface area contributed by atoms with E-state index >= 15 is 0 Å². The molecule has 0 saturated heterocycles. The molecule has 0 aliphatic carbocycles. The van der Waals surface area contributed by atoms with Crippen molar-refractivity contribution >= 4 is 34.0 Å². The zero-order chi connectivity index (χ0) is 12.3. The van der Waals surface area contributed by atoms with Crippen LogP contribution < -0.4 is 5.32 Å². The molecule has 0 spiro atoms. The number of rotatable bonds is 3. The van der Waals surface area contributed by atoms with E-state index in [1.807, 2.05) is 6.07 Å². The summed E-state index contributed by atoms with van der Waals surface area (Å²) in [5.41, 5.74) is 1.76. The lowest BCUT2D eigenvalue weighted by Crippen LogP contribution is -1.94. The summed E-state index contributed by atoms with van der Waals surface area (Å²) >= 11 is 2.05. The van der Waals surface area contributed by atoms with Crippen molar-refractivity contribution in [1.29, 1.82) is 0 Å². The molecule has 17 heavy (non-hydrogen) atoms. The van der Waals surface area contributed by atoms with Crippen LogP contribution in [0.2, 0.25) is 0 Å². The summed E-state index contributed by atoms with van der Waals surface area (Å²) in [6.45, 7) is -0.488. The van der Waals surface area contributed by atoms with E-state index in [1.165, 1.54) is 6.07 Å². The molecule has 0 aliphatic rings. The van der Waals surface area contributed by atoms with Crippen molar-refractivity contribution in [2.24, 2.45) is 0 Å². The van der Waals surface area contributed by atoms with Gasteiger partial charge in [-0.3, -0.25) is 0 Å². The number of nitrogens with one attached hydrogen (secondary N) is 1. The van der Waals surface area contributed by atoms with E-state index < -0.39 is 6.67 Å². The summed E-state index contributed by atoms with van der Waals surface area (Å²) in [7, 11) is 0. The van der Waals surface area contributed by atoms with Gasteiger partial charge in [0.2, 0.25) is 0 Å². The fraction of sp³-hybridized carbons (Fsp3) is 0.0769. The minimum Gasteiger partial charge on any atom is -0.353 e. The van der Waals surface area contributed by atoms with E-state index in [2.05, 4.69) is 27.9 Å². The number of anilines is 2. The van der Waals surface area contributed by atoms with Gasteiger partial charge in [-0.2, -0.15) is 0 Å². The van der Waals surface area contributed by atoms with Crippen LogP contribution in [0.15, 0.2) is 42.5 Å². The van der Waals surface area contributed by atoms with E-state index in [0.29, 0.717) is 11.3 Å². The molecule has 88 valence electrons. The van der Waals surface area contributed by atoms with Gasteiger partial charge in [0.05, 0.1) is 5.69 Å². The Balaban J connectivity index is 2.19. The second-order valence-electron chi connectivity index (χ2n) is 3.58. The highest BCUT2D eigenvalue weighted by molar-refractivity contribution is 14.1. The number of hydrogen-bond acceptors (Lipinski definition) is 1. The van der Waals surface area contributed by atoms with Crippen molar-refractivity contribution in [3.8, 4) is 0 Å². The molecular weight excluding hydrogens is 335 g/mol. The maximum atomic E-state index is 13.6. The van der Waals surface area contributed by atoms with E-state index in [9.17, 15) is 8.78 Å². The molecule has 0 atom stereocenters. The van der Waals surface area contributed by atoms with Crippen molar-refractivity contribution in [3.63, 3.8) is 0 Å². The normalized spacial score (nSPS) is 10.3. The van der Waals surface area contributed by atoms with Gasteiger partial charge in [0.15, 0.2) is 0 Å². The topological polar surface area (TPSA) is 12.0 Å². The van der Waals surface area contributed by atoms with Crippen LogP contribution in [0.4, 0.5) is 20.2 Å². The minimum absolute atomic E-state index is 0.300. The highest BCUT2D eigenvalue weighted by Crippen LogP contribution is 2.22. The maximum absolute atomic E-state index is 13.6. The summed E-state index contributed by atoms with van der Waals surface area (Å²) in [6.07, 6.45) is 0. The van der Waals surface area contributed by atoms with Crippen molar-refractivity contribution < 1.29 is 8.78 Å². The molecule has 2 aromatic rings. The van der Waals surface area contributed by atoms with Crippen LogP contribution in [-0.4, -0.2) is 0 Å². The fourth-order valence-corrected chi connectivity index (χ4v) is 1.88. The Morgan fingerprint density at radius 1 is 1.06 bits per heavy atom. The van der Waals surface area contributed by atoms with Gasteiger partial charge in [0.25, 0.3) is 0 Å². The smallest absolute Gasteiger partial charge is 0.147 e. The molecule has 0 unspecified atom stereocenters. The lowest BCUT2D eigenvalue weighted by molar-refractivity contribution is 0.485. The van der Waals surface area contributed by atoms with Crippen molar-refractivity contribution in [2.75, 3.05) is 5.32 Å². The van der Waals surface area contributed by atoms with Gasteiger partial charge >= 0.3 is 0 Å². The molecule has 0 fully saturated rings. The van der Waals surface area contributed by atoms with Crippen LogP contribution in [0.25, 0.3) is 0 Å². The first-order valence-electron chi connectivity index (χ1n) is 5.06. The summed E-state index contributed by atoms with van der Waals surface area (Å²) in [5.74, 6) is -0.300. The van der Waals surface area contributed by atoms with E-state index in [1.54, 1.807) is 30.3 Å². The molecule has 1 N–H and O–H groups in total. The Hall–Kier alpha value is -1.17. The Kier molecular flexibility index (Phi) is 3.93. The van der Waals surface area contributed by atoms with Gasteiger partial charge in [-0.1, -0.05) is 12.1 Å². The SMILES string of the molecule is FCc1ccc(Nc2ccc(I)cc2F)cc1. The Bertz CT molecular complexity index is 511. The highest BCUT2D eigenvalue weighted by Gasteiger charge is 2.02. The zero-order valence-corrected chi connectivity index (χ0v) is 11.0. The molecule has 4 heteroatoms. The molecule has 0 saturated carbocycles. The molecule has 0 aromatic heterocycles. The first-order chi connectivity index (χ1) is 8.19. The minimum atomic E-state index is -0.488. The van der Waals surface area contributed by atoms with Gasteiger partial charge in [0, 0.05) is 9.26 Å². The average Bonchev–Trinajstić information content (AvgIpc) is 2.34. The third-order valence-electron chi connectivity index (χ3n) is 2.32. The average molecular weight is 345 g/mol. The first kappa shape index (κ1) is 12.3. The molecule has 2 aromatic carbocycles. The molecule has 0 heterocycles. The number of alkyl halides is 1. The van der Waals surface area contributed by atoms with Crippen LogP contribution in [0.5, 0.6) is 0 Å². The van der Waals surface area contributed by atoms with Crippen LogP contribution in [0.1, 0.15) is 5.56 Å². The Labute approximate surface area is 112 Å². The first-order valence-corrected chi connectivity index (χ1v) is 6.14. The second-order valence-corrected chi connectivity index (χ2v) is 4.83. The largest absolute Gasteiger partial charge is 0.353 e. The standard InChI is InChI=1S/C13H10F2IN/c14-8-9-1-4-11(5-2-9)17-13-6-3-10(16)7-12(13)15/h1-7,17H,8H2. The van der Waals surface area contributed by atoms with Gasteiger partial charge in [-0.05, 0) is 58.5 Å². The molecule has 0 aliphatic heterocycles. The number of benzene rings is 2. The molecule has 0 amide bonds. The maximum Gasteiger partial charge on any atom is 0.147 e. The van der Waals surface area contributed by atoms with Crippen LogP contribution in [0, 0.1) is 9.39 Å². The van der Waals surface area contributed by atoms with Crippen molar-refractivity contribution in [1.82, 2.24) is 0 Å². The number of halogens is 3. The van der Waals surface area contributed by atoms with Crippen LogP contribution in [0.3, 0.4) is 0 Å². The third kappa shape index (κ3) is 3.15. The summed E-state index contributed by atoms with van der Waals surface area (Å²) in [4.78, 5) is 0. The number of hydrogen-bond donors (Lipinski definition) is 1. The molecule has 2 rings (SSSR count). The lowest BCUT2D eigenvalue weighted by Gasteiger charge is -2.08. The second kappa shape index (κ2) is 5.44. The van der Waals surface area contributed by atoms with E-state index in [4.69, 9.17) is 0 Å². The molecule has 0 bridgehead atoms. The summed E-state index contributed by atoms with van der Waals surface area (Å²) < 4.78 is 26.7. The summed E-state index contributed by atoms with van der Waals surface area (Å²) in [6, 6.07) is 11.8. The van der Waals surface area contributed by atoms with Crippen molar-refractivity contribution in [2.45, 2.75) is 6.67 Å². The Morgan fingerprint density at radius 2 is 1.76 bits per heavy atom. The third-order valence-corrected chi connectivity index (χ3v) is 2.99. The van der Waals surface area contributed by atoms with Crippen LogP contribution >= 0.6 is 22.6 Å².